The Bertz CT molecular complexity index is 481. The van der Waals surface area contributed by atoms with E-state index in [1.807, 2.05) is 4.68 Å². The monoisotopic (exact) mass is 315 g/mol. The predicted molar refractivity (Wildman–Crippen MR) is 71.5 cm³/mol. The lowest BCUT2D eigenvalue weighted by atomic mass is 10.1. The molecule has 2 heterocycles. The molecule has 0 aliphatic heterocycles. The molecule has 0 bridgehead atoms. The number of nitrogens with zero attached hydrogens (tertiary/aromatic N) is 3. The van der Waals surface area contributed by atoms with Gasteiger partial charge < -0.3 is 0 Å². The molecule has 7 heteroatoms. The van der Waals surface area contributed by atoms with Crippen LogP contribution < -0.4 is 11.3 Å². The van der Waals surface area contributed by atoms with Crippen molar-refractivity contribution in [2.45, 2.75) is 25.9 Å². The first-order chi connectivity index (χ1) is 8.26. The SMILES string of the molecule is CCCn1nncc1C(NN)c1csc(Br)c1. The molecule has 0 spiro atoms. The van der Waals surface area contributed by atoms with Gasteiger partial charge in [0.1, 0.15) is 0 Å². The van der Waals surface area contributed by atoms with Crippen LogP contribution >= 0.6 is 27.3 Å². The van der Waals surface area contributed by atoms with Crippen molar-refractivity contribution in [2.75, 3.05) is 0 Å². The molecular weight excluding hydrogens is 302 g/mol. The van der Waals surface area contributed by atoms with Gasteiger partial charge in [0.25, 0.3) is 0 Å². The Hall–Kier alpha value is -0.760. The van der Waals surface area contributed by atoms with Crippen molar-refractivity contribution in [1.82, 2.24) is 20.4 Å². The van der Waals surface area contributed by atoms with E-state index in [0.717, 1.165) is 28.0 Å². The molecule has 1 atom stereocenters. The number of hydrogen-bond donors (Lipinski definition) is 2. The summed E-state index contributed by atoms with van der Waals surface area (Å²) in [6.45, 7) is 2.95. The second-order valence-electron chi connectivity index (χ2n) is 3.67. The van der Waals surface area contributed by atoms with Gasteiger partial charge in [-0.15, -0.1) is 16.4 Å². The van der Waals surface area contributed by atoms with Crippen LogP contribution in [0.5, 0.6) is 0 Å². The molecule has 0 radical (unpaired) electrons. The van der Waals surface area contributed by atoms with E-state index in [4.69, 9.17) is 5.84 Å². The zero-order chi connectivity index (χ0) is 12.3. The molecule has 2 aromatic rings. The van der Waals surface area contributed by atoms with E-state index in [2.05, 4.69) is 50.0 Å². The molecule has 0 fully saturated rings. The van der Waals surface area contributed by atoms with E-state index in [9.17, 15) is 0 Å². The molecule has 92 valence electrons. The van der Waals surface area contributed by atoms with Crippen molar-refractivity contribution in [3.63, 3.8) is 0 Å². The van der Waals surface area contributed by atoms with Crippen molar-refractivity contribution in [3.05, 3.63) is 32.7 Å². The van der Waals surface area contributed by atoms with Gasteiger partial charge in [-0.3, -0.25) is 5.84 Å². The highest BCUT2D eigenvalue weighted by Crippen LogP contribution is 2.28. The summed E-state index contributed by atoms with van der Waals surface area (Å²) < 4.78 is 2.97. The molecule has 0 aromatic carbocycles. The lowest BCUT2D eigenvalue weighted by Gasteiger charge is -2.15. The molecule has 0 aliphatic rings. The third kappa shape index (κ3) is 2.74. The average molecular weight is 316 g/mol. The number of hydrogen-bond acceptors (Lipinski definition) is 5. The van der Waals surface area contributed by atoms with Crippen LogP contribution in [0.1, 0.15) is 30.6 Å². The van der Waals surface area contributed by atoms with E-state index in [0.29, 0.717) is 0 Å². The summed E-state index contributed by atoms with van der Waals surface area (Å²) in [7, 11) is 0. The molecule has 2 aromatic heterocycles. The van der Waals surface area contributed by atoms with Crippen molar-refractivity contribution in [1.29, 1.82) is 0 Å². The third-order valence-electron chi connectivity index (χ3n) is 2.47. The van der Waals surface area contributed by atoms with Gasteiger partial charge in [-0.1, -0.05) is 12.1 Å². The van der Waals surface area contributed by atoms with Crippen molar-refractivity contribution in [2.24, 2.45) is 5.84 Å². The molecular formula is C10H14BrN5S. The Balaban J connectivity index is 2.31. The van der Waals surface area contributed by atoms with E-state index < -0.39 is 0 Å². The van der Waals surface area contributed by atoms with Crippen LogP contribution in [0.25, 0.3) is 0 Å². The van der Waals surface area contributed by atoms with E-state index >= 15 is 0 Å². The molecule has 1 unspecified atom stereocenters. The first kappa shape index (κ1) is 12.7. The maximum atomic E-state index is 5.64. The Morgan fingerprint density at radius 1 is 1.65 bits per heavy atom. The molecule has 3 N–H and O–H groups in total. The van der Waals surface area contributed by atoms with Crippen LogP contribution in [-0.2, 0) is 6.54 Å². The summed E-state index contributed by atoms with van der Waals surface area (Å²) in [5, 5.41) is 10.1. The summed E-state index contributed by atoms with van der Waals surface area (Å²) >= 11 is 5.09. The molecule has 0 saturated heterocycles. The summed E-state index contributed by atoms with van der Waals surface area (Å²) in [6.07, 6.45) is 2.77. The largest absolute Gasteiger partial charge is 0.271 e. The topological polar surface area (TPSA) is 68.8 Å². The minimum absolute atomic E-state index is 0.0703. The normalized spacial score (nSPS) is 12.9. The van der Waals surface area contributed by atoms with Gasteiger partial charge in [-0.2, -0.15) is 0 Å². The van der Waals surface area contributed by atoms with Gasteiger partial charge in [0.15, 0.2) is 0 Å². The highest BCUT2D eigenvalue weighted by atomic mass is 79.9. The second-order valence-corrected chi connectivity index (χ2v) is 5.96. The standard InChI is InChI=1S/C10H14BrN5S/c1-2-3-16-8(5-13-15-16)10(14-12)7-4-9(11)17-6-7/h4-6,10,14H,2-3,12H2,1H3. The quantitative estimate of drug-likeness (QED) is 0.654. The van der Waals surface area contributed by atoms with Crippen LogP contribution in [0.15, 0.2) is 21.4 Å². The Morgan fingerprint density at radius 2 is 2.47 bits per heavy atom. The average Bonchev–Trinajstić information content (AvgIpc) is 2.91. The number of nitrogens with one attached hydrogen (secondary N) is 1. The number of aromatic nitrogens is 3. The zero-order valence-electron chi connectivity index (χ0n) is 9.43. The highest BCUT2D eigenvalue weighted by Gasteiger charge is 2.18. The first-order valence-electron chi connectivity index (χ1n) is 5.34. The Kier molecular flexibility index (Phi) is 4.27. The molecule has 0 amide bonds. The Labute approximate surface area is 112 Å². The molecule has 2 rings (SSSR count). The zero-order valence-corrected chi connectivity index (χ0v) is 11.8. The van der Waals surface area contributed by atoms with Gasteiger partial charge in [-0.25, -0.2) is 10.1 Å². The summed E-state index contributed by atoms with van der Waals surface area (Å²) in [6, 6.07) is 1.98. The van der Waals surface area contributed by atoms with Crippen molar-refractivity contribution < 1.29 is 0 Å². The second kappa shape index (κ2) is 5.72. The minimum Gasteiger partial charge on any atom is -0.271 e. The summed E-state index contributed by atoms with van der Waals surface area (Å²) in [5.41, 5.74) is 4.92. The highest BCUT2D eigenvalue weighted by molar-refractivity contribution is 9.11. The maximum absolute atomic E-state index is 5.64. The minimum atomic E-state index is -0.0703. The van der Waals surface area contributed by atoms with E-state index in [-0.39, 0.29) is 6.04 Å². The van der Waals surface area contributed by atoms with Crippen molar-refractivity contribution in [3.8, 4) is 0 Å². The summed E-state index contributed by atoms with van der Waals surface area (Å²) in [4.78, 5) is 0. The van der Waals surface area contributed by atoms with Gasteiger partial charge in [0, 0.05) is 6.54 Å². The molecule has 0 aliphatic carbocycles. The predicted octanol–water partition coefficient (Wildman–Crippen LogP) is 2.06. The number of thiophene rings is 1. The maximum Gasteiger partial charge on any atom is 0.0903 e. The number of aryl methyl sites for hydroxylation is 1. The van der Waals surface area contributed by atoms with Crippen LogP contribution in [0, 0.1) is 0 Å². The fraction of sp³-hybridized carbons (Fsp3) is 0.400. The van der Waals surface area contributed by atoms with E-state index in [1.54, 1.807) is 17.5 Å². The molecule has 17 heavy (non-hydrogen) atoms. The third-order valence-corrected chi connectivity index (χ3v) is 3.99. The lowest BCUT2D eigenvalue weighted by Crippen LogP contribution is -2.30. The first-order valence-corrected chi connectivity index (χ1v) is 7.02. The molecule has 0 saturated carbocycles. The van der Waals surface area contributed by atoms with Gasteiger partial charge in [-0.05, 0) is 39.4 Å². The fourth-order valence-electron chi connectivity index (χ4n) is 1.70. The van der Waals surface area contributed by atoms with Crippen molar-refractivity contribution >= 4 is 27.3 Å². The van der Waals surface area contributed by atoms with Gasteiger partial charge in [0.05, 0.1) is 21.7 Å². The molecule has 5 nitrogen and oxygen atoms in total. The van der Waals surface area contributed by atoms with Gasteiger partial charge in [0.2, 0.25) is 0 Å². The number of halogens is 1. The number of rotatable bonds is 5. The van der Waals surface area contributed by atoms with Gasteiger partial charge >= 0.3 is 0 Å². The fourth-order valence-corrected chi connectivity index (χ4v) is 2.90. The van der Waals surface area contributed by atoms with Crippen LogP contribution in [-0.4, -0.2) is 15.0 Å². The van der Waals surface area contributed by atoms with Crippen LogP contribution in [0.3, 0.4) is 0 Å². The Morgan fingerprint density at radius 3 is 3.06 bits per heavy atom. The lowest BCUT2D eigenvalue weighted by molar-refractivity contribution is 0.512. The number of hydrazine groups is 1. The van der Waals surface area contributed by atoms with Crippen LogP contribution in [0.2, 0.25) is 0 Å². The smallest absolute Gasteiger partial charge is 0.0903 e. The summed E-state index contributed by atoms with van der Waals surface area (Å²) in [5.74, 6) is 5.64. The van der Waals surface area contributed by atoms with E-state index in [1.165, 1.54) is 0 Å². The number of nitrogens with two attached hydrogens (primary N) is 1. The van der Waals surface area contributed by atoms with Crippen LogP contribution in [0.4, 0.5) is 0 Å².